The molecule has 4 nitrogen and oxygen atoms in total. The Bertz CT molecular complexity index is 932. The average molecular weight is 321 g/mol. The number of carbonyl (C=O) groups is 1. The molecule has 0 radical (unpaired) electrons. The van der Waals surface area contributed by atoms with Crippen LogP contribution in [0.2, 0.25) is 0 Å². The molecule has 4 rings (SSSR count). The maximum Gasteiger partial charge on any atom is 0.226 e. The van der Waals surface area contributed by atoms with Gasteiger partial charge >= 0.3 is 0 Å². The second kappa shape index (κ2) is 5.60. The van der Waals surface area contributed by atoms with Crippen LogP contribution in [-0.2, 0) is 4.79 Å². The van der Waals surface area contributed by atoms with Gasteiger partial charge in [-0.2, -0.15) is 5.10 Å². The van der Waals surface area contributed by atoms with Crippen LogP contribution in [0.3, 0.4) is 0 Å². The van der Waals surface area contributed by atoms with Crippen LogP contribution in [-0.4, -0.2) is 15.7 Å². The van der Waals surface area contributed by atoms with E-state index in [4.69, 9.17) is 0 Å². The topological polar surface area (TPSA) is 46.9 Å². The Morgan fingerprint density at radius 3 is 2.83 bits per heavy atom. The summed E-state index contributed by atoms with van der Waals surface area (Å²) in [7, 11) is 0. The molecule has 1 aliphatic rings. The van der Waals surface area contributed by atoms with E-state index >= 15 is 0 Å². The highest BCUT2D eigenvalue weighted by Crippen LogP contribution is 2.38. The van der Waals surface area contributed by atoms with E-state index in [2.05, 4.69) is 16.5 Å². The number of amides is 1. The van der Waals surface area contributed by atoms with Gasteiger partial charge in [0.2, 0.25) is 5.91 Å². The molecule has 5 heteroatoms. The minimum atomic E-state index is -0.339. The summed E-state index contributed by atoms with van der Waals surface area (Å²) in [6.07, 6.45) is 2.14. The first-order valence-electron chi connectivity index (χ1n) is 7.82. The van der Waals surface area contributed by atoms with Crippen LogP contribution in [0.25, 0.3) is 5.69 Å². The number of anilines is 1. The molecule has 0 aliphatic carbocycles. The molecular weight excluding hydrogens is 305 g/mol. The lowest BCUT2D eigenvalue weighted by atomic mass is 9.87. The van der Waals surface area contributed by atoms with Gasteiger partial charge in [0, 0.05) is 17.9 Å². The van der Waals surface area contributed by atoms with E-state index in [1.54, 1.807) is 23.0 Å². The molecule has 2 aromatic carbocycles. The summed E-state index contributed by atoms with van der Waals surface area (Å²) in [5, 5.41) is 7.26. The first kappa shape index (κ1) is 14.6. The molecule has 1 N–H and O–H groups in total. The van der Waals surface area contributed by atoms with Gasteiger partial charge in [0.15, 0.2) is 0 Å². The van der Waals surface area contributed by atoms with Crippen LogP contribution < -0.4 is 5.32 Å². The zero-order valence-corrected chi connectivity index (χ0v) is 13.2. The van der Waals surface area contributed by atoms with Crippen molar-refractivity contribution >= 4 is 11.7 Å². The lowest BCUT2D eigenvalue weighted by Gasteiger charge is -2.24. The van der Waals surface area contributed by atoms with E-state index in [1.165, 1.54) is 12.1 Å². The van der Waals surface area contributed by atoms with Gasteiger partial charge in [0.1, 0.15) is 11.6 Å². The lowest BCUT2D eigenvalue weighted by molar-refractivity contribution is -0.116. The Morgan fingerprint density at radius 1 is 1.21 bits per heavy atom. The molecule has 0 saturated heterocycles. The van der Waals surface area contributed by atoms with Gasteiger partial charge < -0.3 is 5.32 Å². The standard InChI is InChI=1S/C19H16FN3O/c1-12-4-2-5-13(8-12)16-10-18(24)22-19-17(16)11-21-23(19)15-7-3-6-14(20)9-15/h2-9,11,16H,10H2,1H3,(H,22,24). The molecule has 0 fully saturated rings. The Labute approximate surface area is 138 Å². The van der Waals surface area contributed by atoms with E-state index in [9.17, 15) is 9.18 Å². The second-order valence-electron chi connectivity index (χ2n) is 6.06. The van der Waals surface area contributed by atoms with Gasteiger partial charge in [-0.15, -0.1) is 0 Å². The molecule has 2 heterocycles. The van der Waals surface area contributed by atoms with Crippen molar-refractivity contribution in [3.05, 3.63) is 77.2 Å². The van der Waals surface area contributed by atoms with Crippen molar-refractivity contribution < 1.29 is 9.18 Å². The van der Waals surface area contributed by atoms with Crippen LogP contribution >= 0.6 is 0 Å². The summed E-state index contributed by atoms with van der Waals surface area (Å²) in [6, 6.07) is 14.3. The van der Waals surface area contributed by atoms with Crippen LogP contribution in [0.5, 0.6) is 0 Å². The largest absolute Gasteiger partial charge is 0.310 e. The number of hydrogen-bond donors (Lipinski definition) is 1. The van der Waals surface area contributed by atoms with Crippen molar-refractivity contribution in [1.82, 2.24) is 9.78 Å². The maximum absolute atomic E-state index is 13.5. The summed E-state index contributed by atoms with van der Waals surface area (Å²) in [6.45, 7) is 2.03. The van der Waals surface area contributed by atoms with Crippen LogP contribution in [0.4, 0.5) is 10.2 Å². The smallest absolute Gasteiger partial charge is 0.226 e. The number of hydrogen-bond acceptors (Lipinski definition) is 2. The fourth-order valence-electron chi connectivity index (χ4n) is 3.21. The first-order valence-corrected chi connectivity index (χ1v) is 7.82. The third-order valence-electron chi connectivity index (χ3n) is 4.32. The van der Waals surface area contributed by atoms with Gasteiger partial charge in [-0.25, -0.2) is 9.07 Å². The fourth-order valence-corrected chi connectivity index (χ4v) is 3.21. The van der Waals surface area contributed by atoms with E-state index in [0.29, 0.717) is 17.9 Å². The fraction of sp³-hybridized carbons (Fsp3) is 0.158. The van der Waals surface area contributed by atoms with E-state index < -0.39 is 0 Å². The van der Waals surface area contributed by atoms with E-state index in [-0.39, 0.29) is 17.6 Å². The second-order valence-corrected chi connectivity index (χ2v) is 6.06. The molecule has 1 unspecified atom stereocenters. The molecule has 1 aromatic heterocycles. The van der Waals surface area contributed by atoms with Gasteiger partial charge in [-0.05, 0) is 30.7 Å². The van der Waals surface area contributed by atoms with Crippen molar-refractivity contribution in [3.63, 3.8) is 0 Å². The molecule has 1 amide bonds. The normalized spacial score (nSPS) is 16.6. The molecule has 120 valence electrons. The predicted octanol–water partition coefficient (Wildman–Crippen LogP) is 3.79. The SMILES string of the molecule is Cc1cccc(C2CC(=O)Nc3c2cnn3-c2cccc(F)c2)c1. The van der Waals surface area contributed by atoms with Gasteiger partial charge in [-0.3, -0.25) is 4.79 Å². The van der Waals surface area contributed by atoms with Gasteiger partial charge in [0.25, 0.3) is 0 Å². The van der Waals surface area contributed by atoms with Crippen LogP contribution in [0, 0.1) is 12.7 Å². The zero-order valence-electron chi connectivity index (χ0n) is 13.2. The number of fused-ring (bicyclic) bond motifs is 1. The quantitative estimate of drug-likeness (QED) is 0.780. The number of aromatic nitrogens is 2. The number of rotatable bonds is 2. The Morgan fingerprint density at radius 2 is 2.04 bits per heavy atom. The monoisotopic (exact) mass is 321 g/mol. The Kier molecular flexibility index (Phi) is 3.41. The maximum atomic E-state index is 13.5. The number of benzene rings is 2. The van der Waals surface area contributed by atoms with E-state index in [1.807, 2.05) is 25.1 Å². The highest BCUT2D eigenvalue weighted by atomic mass is 19.1. The summed E-state index contributed by atoms with van der Waals surface area (Å²) in [4.78, 5) is 12.2. The minimum absolute atomic E-state index is 0.0454. The predicted molar refractivity (Wildman–Crippen MR) is 89.8 cm³/mol. The molecule has 1 aliphatic heterocycles. The van der Waals surface area contributed by atoms with Crippen molar-refractivity contribution in [3.8, 4) is 5.69 Å². The summed E-state index contributed by atoms with van der Waals surface area (Å²) in [5.74, 6) is 0.167. The first-order chi connectivity index (χ1) is 11.6. The third-order valence-corrected chi connectivity index (χ3v) is 4.32. The van der Waals surface area contributed by atoms with E-state index in [0.717, 1.165) is 16.7 Å². The number of nitrogens with one attached hydrogen (secondary N) is 1. The minimum Gasteiger partial charge on any atom is -0.310 e. The van der Waals surface area contributed by atoms with Crippen molar-refractivity contribution in [2.75, 3.05) is 5.32 Å². The third kappa shape index (κ3) is 2.48. The van der Waals surface area contributed by atoms with Gasteiger partial charge in [-0.1, -0.05) is 35.9 Å². The molecule has 0 spiro atoms. The van der Waals surface area contributed by atoms with Crippen molar-refractivity contribution in [2.24, 2.45) is 0 Å². The molecule has 0 saturated carbocycles. The summed E-state index contributed by atoms with van der Waals surface area (Å²) >= 11 is 0. The van der Waals surface area contributed by atoms with Crippen LogP contribution in [0.15, 0.2) is 54.7 Å². The highest BCUT2D eigenvalue weighted by Gasteiger charge is 2.30. The number of carbonyl (C=O) groups excluding carboxylic acids is 1. The molecule has 3 aromatic rings. The van der Waals surface area contributed by atoms with Crippen LogP contribution in [0.1, 0.15) is 29.0 Å². The molecule has 0 bridgehead atoms. The van der Waals surface area contributed by atoms with Gasteiger partial charge in [0.05, 0.1) is 11.9 Å². The molecule has 1 atom stereocenters. The highest BCUT2D eigenvalue weighted by molar-refractivity contribution is 5.94. The Hall–Kier alpha value is -2.95. The average Bonchev–Trinajstić information content (AvgIpc) is 2.97. The molecule has 24 heavy (non-hydrogen) atoms. The number of aryl methyl sites for hydroxylation is 1. The number of halogens is 1. The van der Waals surface area contributed by atoms with Crippen molar-refractivity contribution in [2.45, 2.75) is 19.3 Å². The number of nitrogens with zero attached hydrogens (tertiary/aromatic N) is 2. The zero-order chi connectivity index (χ0) is 16.7. The van der Waals surface area contributed by atoms with Crippen molar-refractivity contribution in [1.29, 1.82) is 0 Å². The summed E-state index contributed by atoms with van der Waals surface area (Å²) < 4.78 is 15.1. The lowest BCUT2D eigenvalue weighted by Crippen LogP contribution is -2.24. The molecular formula is C19H16FN3O. The summed E-state index contributed by atoms with van der Waals surface area (Å²) in [5.41, 5.74) is 3.77. The Balaban J connectivity index is 1.83.